The van der Waals surface area contributed by atoms with E-state index >= 15 is 0 Å². The largest absolute Gasteiger partial charge is 0.394 e. The van der Waals surface area contributed by atoms with Crippen molar-refractivity contribution in [3.05, 3.63) is 47.7 Å². The first-order valence-corrected chi connectivity index (χ1v) is 9.40. The lowest BCUT2D eigenvalue weighted by atomic mass is 9.85. The molecule has 2 aromatic rings. The molecular formula is C21H23F3N2O2. The molecular weight excluding hydrogens is 369 g/mol. The number of pyridine rings is 1. The van der Waals surface area contributed by atoms with Gasteiger partial charge in [-0.25, -0.2) is 0 Å². The number of para-hydroxylation sites is 1. The number of hydrogen-bond acceptors (Lipinski definition) is 3. The van der Waals surface area contributed by atoms with Crippen molar-refractivity contribution in [1.29, 1.82) is 0 Å². The molecule has 150 valence electrons. The Bertz CT molecular complexity index is 889. The minimum atomic E-state index is -4.16. The molecule has 1 amide bonds. The minimum absolute atomic E-state index is 0.0186. The number of aliphatic hydroxyl groups is 1. The van der Waals surface area contributed by atoms with Gasteiger partial charge in [-0.1, -0.05) is 31.2 Å². The van der Waals surface area contributed by atoms with E-state index in [1.807, 2.05) is 25.1 Å². The third kappa shape index (κ3) is 4.35. The van der Waals surface area contributed by atoms with Crippen LogP contribution in [0.4, 0.5) is 13.2 Å². The van der Waals surface area contributed by atoms with E-state index in [1.165, 1.54) is 6.20 Å². The number of carbonyl (C=O) groups excluding carboxylic acids is 1. The van der Waals surface area contributed by atoms with Gasteiger partial charge in [-0.05, 0) is 37.3 Å². The Morgan fingerprint density at radius 1 is 1.39 bits per heavy atom. The van der Waals surface area contributed by atoms with Gasteiger partial charge in [0.15, 0.2) is 0 Å². The monoisotopic (exact) mass is 392 g/mol. The lowest BCUT2D eigenvalue weighted by molar-refractivity contribution is -0.175. The van der Waals surface area contributed by atoms with Gasteiger partial charge in [0.2, 0.25) is 0 Å². The summed E-state index contributed by atoms with van der Waals surface area (Å²) in [6.45, 7) is 1.73. The fraction of sp³-hybridized carbons (Fsp3) is 0.429. The number of allylic oxidation sites excluding steroid dienone is 2. The molecule has 7 heteroatoms. The molecule has 0 spiro atoms. The van der Waals surface area contributed by atoms with Gasteiger partial charge < -0.3 is 10.4 Å². The first-order valence-electron chi connectivity index (χ1n) is 9.40. The van der Waals surface area contributed by atoms with Gasteiger partial charge in [0.1, 0.15) is 0 Å². The van der Waals surface area contributed by atoms with Gasteiger partial charge in [-0.2, -0.15) is 13.2 Å². The number of aliphatic hydroxyl groups excluding tert-OH is 1. The number of fused-ring (bicyclic) bond motifs is 1. The zero-order valence-corrected chi connectivity index (χ0v) is 15.6. The average Bonchev–Trinajstić information content (AvgIpc) is 2.70. The zero-order valence-electron chi connectivity index (χ0n) is 15.6. The molecule has 1 heterocycles. The number of aromatic nitrogens is 1. The molecule has 1 unspecified atom stereocenters. The Hall–Kier alpha value is -2.41. The van der Waals surface area contributed by atoms with Crippen LogP contribution in [0.2, 0.25) is 0 Å². The zero-order chi connectivity index (χ0) is 20.3. The van der Waals surface area contributed by atoms with Crippen LogP contribution in [0.15, 0.2) is 36.5 Å². The highest BCUT2D eigenvalue weighted by Crippen LogP contribution is 2.40. The maximum Gasteiger partial charge on any atom is 0.392 e. The van der Waals surface area contributed by atoms with Crippen LogP contribution in [0.3, 0.4) is 0 Å². The van der Waals surface area contributed by atoms with E-state index in [-0.39, 0.29) is 31.4 Å². The molecule has 0 bridgehead atoms. The highest BCUT2D eigenvalue weighted by atomic mass is 19.4. The number of hydrogen-bond donors (Lipinski definition) is 2. The molecule has 28 heavy (non-hydrogen) atoms. The van der Waals surface area contributed by atoms with Crippen molar-refractivity contribution in [2.45, 2.75) is 44.8 Å². The number of nitrogens with zero attached hydrogens (tertiary/aromatic N) is 1. The van der Waals surface area contributed by atoms with Crippen LogP contribution >= 0.6 is 0 Å². The molecule has 0 radical (unpaired) electrons. The quantitative estimate of drug-likeness (QED) is 0.789. The summed E-state index contributed by atoms with van der Waals surface area (Å²) in [5, 5.41) is 12.7. The van der Waals surface area contributed by atoms with Crippen LogP contribution in [0.1, 0.15) is 48.5 Å². The summed E-state index contributed by atoms with van der Waals surface area (Å²) < 4.78 is 38.7. The minimum Gasteiger partial charge on any atom is -0.394 e. The van der Waals surface area contributed by atoms with Crippen LogP contribution < -0.4 is 5.32 Å². The summed E-state index contributed by atoms with van der Waals surface area (Å²) in [5.74, 6) is -1.60. The van der Waals surface area contributed by atoms with Crippen LogP contribution in [-0.2, 0) is 0 Å². The van der Waals surface area contributed by atoms with Crippen LogP contribution in [0.25, 0.3) is 16.5 Å². The van der Waals surface area contributed by atoms with Crippen molar-refractivity contribution in [2.75, 3.05) is 6.61 Å². The van der Waals surface area contributed by atoms with Gasteiger partial charge in [0.05, 0.1) is 29.6 Å². The second kappa shape index (κ2) is 8.31. The van der Waals surface area contributed by atoms with Gasteiger partial charge in [-0.15, -0.1) is 0 Å². The molecule has 0 saturated carbocycles. The Kier molecular flexibility index (Phi) is 6.03. The summed E-state index contributed by atoms with van der Waals surface area (Å²) in [7, 11) is 0. The van der Waals surface area contributed by atoms with Crippen molar-refractivity contribution in [3.63, 3.8) is 0 Å². The third-order valence-corrected chi connectivity index (χ3v) is 5.24. The molecule has 2 atom stereocenters. The van der Waals surface area contributed by atoms with E-state index < -0.39 is 12.1 Å². The summed E-state index contributed by atoms with van der Waals surface area (Å²) in [6, 6.07) is 6.90. The Balaban J connectivity index is 1.87. The molecule has 4 nitrogen and oxygen atoms in total. The van der Waals surface area contributed by atoms with Gasteiger partial charge in [0.25, 0.3) is 5.91 Å². The molecule has 1 aromatic carbocycles. The summed E-state index contributed by atoms with van der Waals surface area (Å²) in [6.07, 6.45) is -0.0192. The molecule has 0 fully saturated rings. The predicted molar refractivity (Wildman–Crippen MR) is 102 cm³/mol. The van der Waals surface area contributed by atoms with Crippen LogP contribution in [0.5, 0.6) is 0 Å². The highest BCUT2D eigenvalue weighted by Gasteiger charge is 2.39. The van der Waals surface area contributed by atoms with Crippen molar-refractivity contribution in [3.8, 4) is 0 Å². The maximum absolute atomic E-state index is 12.9. The molecule has 3 rings (SSSR count). The Morgan fingerprint density at radius 3 is 2.79 bits per heavy atom. The Labute approximate surface area is 161 Å². The molecule has 2 N–H and O–H groups in total. The number of amides is 1. The van der Waals surface area contributed by atoms with E-state index in [0.29, 0.717) is 23.9 Å². The molecule has 0 saturated heterocycles. The van der Waals surface area contributed by atoms with Gasteiger partial charge >= 0.3 is 6.18 Å². The van der Waals surface area contributed by atoms with E-state index in [4.69, 9.17) is 0 Å². The summed E-state index contributed by atoms with van der Waals surface area (Å²) in [4.78, 5) is 16.8. The fourth-order valence-electron chi connectivity index (χ4n) is 3.47. The van der Waals surface area contributed by atoms with E-state index in [2.05, 4.69) is 10.3 Å². The van der Waals surface area contributed by atoms with Gasteiger partial charge in [-0.3, -0.25) is 9.78 Å². The SMILES string of the molecule is CC[C@H](CO)NC(=O)c1cnc2c(C3=CCC(C(F)(F)F)CC3)cccc2c1. The highest BCUT2D eigenvalue weighted by molar-refractivity contribution is 5.99. The first-order chi connectivity index (χ1) is 13.3. The van der Waals surface area contributed by atoms with Crippen molar-refractivity contribution in [2.24, 2.45) is 5.92 Å². The molecule has 1 aromatic heterocycles. The number of halogens is 3. The normalized spacial score (nSPS) is 18.6. The van der Waals surface area contributed by atoms with Crippen molar-refractivity contribution >= 4 is 22.4 Å². The average molecular weight is 392 g/mol. The predicted octanol–water partition coefficient (Wildman–Crippen LogP) is 4.48. The van der Waals surface area contributed by atoms with E-state index in [9.17, 15) is 23.1 Å². The smallest absolute Gasteiger partial charge is 0.392 e. The number of nitrogens with one attached hydrogen (secondary N) is 1. The first kappa shape index (κ1) is 20.3. The summed E-state index contributed by atoms with van der Waals surface area (Å²) >= 11 is 0. The van der Waals surface area contributed by atoms with Crippen molar-refractivity contribution in [1.82, 2.24) is 10.3 Å². The number of benzene rings is 1. The standard InChI is InChI=1S/C21H23F3N2O2/c1-2-17(12-27)26-20(28)15-10-14-4-3-5-18(19(14)25-11-15)13-6-8-16(9-7-13)21(22,23)24/h3-6,10-11,16-17,27H,2,7-9,12H2,1H3,(H,26,28)/t16?,17-/m1/s1. The second-order valence-corrected chi connectivity index (χ2v) is 7.10. The lowest BCUT2D eigenvalue weighted by Crippen LogP contribution is -2.36. The topological polar surface area (TPSA) is 62.2 Å². The van der Waals surface area contributed by atoms with Crippen LogP contribution in [-0.4, -0.2) is 34.8 Å². The van der Waals surface area contributed by atoms with Crippen molar-refractivity contribution < 1.29 is 23.1 Å². The number of alkyl halides is 3. The molecule has 1 aliphatic carbocycles. The molecule has 1 aliphatic rings. The number of carbonyl (C=O) groups is 1. The molecule has 0 aliphatic heterocycles. The van der Waals surface area contributed by atoms with Gasteiger partial charge in [0, 0.05) is 17.1 Å². The van der Waals surface area contributed by atoms with E-state index in [0.717, 1.165) is 16.5 Å². The maximum atomic E-state index is 12.9. The van der Waals surface area contributed by atoms with E-state index in [1.54, 1.807) is 12.1 Å². The Morgan fingerprint density at radius 2 is 2.18 bits per heavy atom. The fourth-order valence-corrected chi connectivity index (χ4v) is 3.47. The third-order valence-electron chi connectivity index (χ3n) is 5.24. The lowest BCUT2D eigenvalue weighted by Gasteiger charge is -2.24. The number of rotatable bonds is 5. The van der Waals surface area contributed by atoms with Crippen LogP contribution in [0, 0.1) is 5.92 Å². The second-order valence-electron chi connectivity index (χ2n) is 7.10. The summed E-state index contributed by atoms with van der Waals surface area (Å²) in [5.41, 5.74) is 2.73.